The molecule has 0 unspecified atom stereocenters. The molecule has 0 radical (unpaired) electrons. The topological polar surface area (TPSA) is 99.9 Å². The van der Waals surface area contributed by atoms with E-state index in [1.54, 1.807) is 26.2 Å². The number of nitrogens with one attached hydrogen (secondary N) is 2. The number of carbonyl (C=O) groups excluding carboxylic acids is 1. The summed E-state index contributed by atoms with van der Waals surface area (Å²) in [7, 11) is 3.38. The summed E-state index contributed by atoms with van der Waals surface area (Å²) in [6, 6.07) is 16.1. The summed E-state index contributed by atoms with van der Waals surface area (Å²) in [6.45, 7) is 1.01. The van der Waals surface area contributed by atoms with Crippen LogP contribution in [-0.4, -0.2) is 42.3 Å². The third-order valence-electron chi connectivity index (χ3n) is 3.78. The molecule has 2 rings (SSSR count). The number of hydrogen-bond acceptors (Lipinski definition) is 4. The highest BCUT2D eigenvalue weighted by atomic mass is 16.6. The van der Waals surface area contributed by atoms with E-state index in [4.69, 9.17) is 0 Å². The van der Waals surface area contributed by atoms with E-state index in [2.05, 4.69) is 15.6 Å². The average molecular weight is 369 g/mol. The molecule has 2 aromatic rings. The van der Waals surface area contributed by atoms with Gasteiger partial charge in [0.15, 0.2) is 5.96 Å². The highest BCUT2D eigenvalue weighted by molar-refractivity contribution is 5.86. The number of nitro benzene ring substituents is 1. The number of benzene rings is 2. The van der Waals surface area contributed by atoms with Crippen molar-refractivity contribution in [2.75, 3.05) is 20.6 Å². The highest BCUT2D eigenvalue weighted by Gasteiger charge is 2.07. The van der Waals surface area contributed by atoms with Gasteiger partial charge in [-0.2, -0.15) is 0 Å². The number of aliphatic imine (C=N–C) groups is 1. The largest absolute Gasteiger partial charge is 0.352 e. The summed E-state index contributed by atoms with van der Waals surface area (Å²) < 4.78 is 0. The number of nitro groups is 1. The van der Waals surface area contributed by atoms with Gasteiger partial charge in [-0.05, 0) is 11.1 Å². The zero-order chi connectivity index (χ0) is 19.6. The van der Waals surface area contributed by atoms with Crippen molar-refractivity contribution in [3.63, 3.8) is 0 Å². The molecule has 0 aromatic heterocycles. The van der Waals surface area contributed by atoms with Gasteiger partial charge < -0.3 is 15.5 Å². The predicted octanol–water partition coefficient (Wildman–Crippen LogP) is 1.92. The van der Waals surface area contributed by atoms with Crippen LogP contribution in [0.1, 0.15) is 11.1 Å². The first-order valence-corrected chi connectivity index (χ1v) is 8.45. The first-order valence-electron chi connectivity index (χ1n) is 8.45. The average Bonchev–Trinajstić information content (AvgIpc) is 2.68. The van der Waals surface area contributed by atoms with Crippen LogP contribution in [-0.2, 0) is 17.9 Å². The van der Waals surface area contributed by atoms with Crippen molar-refractivity contribution in [2.24, 2.45) is 4.99 Å². The summed E-state index contributed by atoms with van der Waals surface area (Å²) in [5.41, 5.74) is 1.97. The number of nitrogens with zero attached hydrogens (tertiary/aromatic N) is 3. The van der Waals surface area contributed by atoms with E-state index in [1.807, 2.05) is 30.3 Å². The van der Waals surface area contributed by atoms with Crippen LogP contribution >= 0.6 is 0 Å². The smallest absolute Gasteiger partial charge is 0.269 e. The zero-order valence-corrected chi connectivity index (χ0v) is 15.4. The molecule has 142 valence electrons. The number of amides is 1. The second-order valence-electron chi connectivity index (χ2n) is 6.07. The maximum Gasteiger partial charge on any atom is 0.269 e. The lowest BCUT2D eigenvalue weighted by Crippen LogP contribution is -2.42. The Kier molecular flexibility index (Phi) is 7.30. The lowest BCUT2D eigenvalue weighted by atomic mass is 10.2. The molecule has 2 N–H and O–H groups in total. The third-order valence-corrected chi connectivity index (χ3v) is 3.78. The van der Waals surface area contributed by atoms with Crippen LogP contribution in [0.4, 0.5) is 5.69 Å². The normalized spacial score (nSPS) is 11.0. The number of likely N-dealkylation sites (N-methyl/N-ethyl adjacent to an activating group) is 1. The molecular formula is C19H23N5O3. The summed E-state index contributed by atoms with van der Waals surface area (Å²) in [4.78, 5) is 28.1. The molecule has 0 heterocycles. The van der Waals surface area contributed by atoms with Crippen LogP contribution < -0.4 is 10.6 Å². The molecule has 0 atom stereocenters. The van der Waals surface area contributed by atoms with Gasteiger partial charge in [0.2, 0.25) is 5.91 Å². The maximum atomic E-state index is 11.8. The molecule has 0 fully saturated rings. The molecule has 0 saturated carbocycles. The highest BCUT2D eigenvalue weighted by Crippen LogP contribution is 2.11. The van der Waals surface area contributed by atoms with Crippen molar-refractivity contribution in [2.45, 2.75) is 13.1 Å². The van der Waals surface area contributed by atoms with Crippen LogP contribution in [0.3, 0.4) is 0 Å². The van der Waals surface area contributed by atoms with Gasteiger partial charge in [0.1, 0.15) is 0 Å². The van der Waals surface area contributed by atoms with E-state index < -0.39 is 4.92 Å². The fourth-order valence-electron chi connectivity index (χ4n) is 2.17. The monoisotopic (exact) mass is 369 g/mol. The third kappa shape index (κ3) is 6.77. The van der Waals surface area contributed by atoms with Crippen molar-refractivity contribution >= 4 is 17.6 Å². The zero-order valence-electron chi connectivity index (χ0n) is 15.4. The van der Waals surface area contributed by atoms with E-state index >= 15 is 0 Å². The Morgan fingerprint density at radius 2 is 1.70 bits per heavy atom. The predicted molar refractivity (Wildman–Crippen MR) is 104 cm³/mol. The molecule has 0 bridgehead atoms. The molecule has 2 aromatic carbocycles. The van der Waals surface area contributed by atoms with E-state index in [0.29, 0.717) is 19.0 Å². The minimum absolute atomic E-state index is 0.0476. The Morgan fingerprint density at radius 3 is 2.30 bits per heavy atom. The van der Waals surface area contributed by atoms with Crippen molar-refractivity contribution in [1.29, 1.82) is 0 Å². The first kappa shape index (κ1) is 19.9. The van der Waals surface area contributed by atoms with Gasteiger partial charge in [0, 0.05) is 32.8 Å². The molecule has 1 amide bonds. The van der Waals surface area contributed by atoms with Crippen molar-refractivity contribution < 1.29 is 9.72 Å². The van der Waals surface area contributed by atoms with Crippen LogP contribution in [0.25, 0.3) is 0 Å². The SMILES string of the molecule is CN(C)C(=O)CNC(=NCc1ccccc1)NCc1ccc([N+](=O)[O-])cc1. The molecule has 8 heteroatoms. The number of hydrogen-bond donors (Lipinski definition) is 2. The summed E-state index contributed by atoms with van der Waals surface area (Å²) in [6.07, 6.45) is 0. The minimum atomic E-state index is -0.432. The molecule has 8 nitrogen and oxygen atoms in total. The number of rotatable bonds is 7. The van der Waals surface area contributed by atoms with Gasteiger partial charge in [-0.3, -0.25) is 14.9 Å². The molecule has 0 spiro atoms. The van der Waals surface area contributed by atoms with Gasteiger partial charge in [0.25, 0.3) is 5.69 Å². The van der Waals surface area contributed by atoms with E-state index in [-0.39, 0.29) is 18.1 Å². The molecular weight excluding hydrogens is 346 g/mol. The van der Waals surface area contributed by atoms with E-state index in [9.17, 15) is 14.9 Å². The number of guanidine groups is 1. The van der Waals surface area contributed by atoms with E-state index in [1.165, 1.54) is 17.0 Å². The summed E-state index contributed by atoms with van der Waals surface area (Å²) >= 11 is 0. The van der Waals surface area contributed by atoms with Gasteiger partial charge in [-0.15, -0.1) is 0 Å². The van der Waals surface area contributed by atoms with Gasteiger partial charge in [-0.25, -0.2) is 4.99 Å². The molecule has 27 heavy (non-hydrogen) atoms. The Hall–Kier alpha value is -3.42. The minimum Gasteiger partial charge on any atom is -0.352 e. The summed E-state index contributed by atoms with van der Waals surface area (Å²) in [5, 5.41) is 16.9. The molecule has 0 aliphatic rings. The Morgan fingerprint density at radius 1 is 1.04 bits per heavy atom. The molecule has 0 saturated heterocycles. The number of non-ortho nitro benzene ring substituents is 1. The van der Waals surface area contributed by atoms with Crippen LogP contribution in [0.15, 0.2) is 59.6 Å². The van der Waals surface area contributed by atoms with Crippen molar-refractivity contribution in [3.8, 4) is 0 Å². The Labute approximate surface area is 158 Å². The molecule has 0 aliphatic carbocycles. The summed E-state index contributed by atoms with van der Waals surface area (Å²) in [5.74, 6) is 0.423. The van der Waals surface area contributed by atoms with Crippen molar-refractivity contribution in [3.05, 3.63) is 75.8 Å². The Balaban J connectivity index is 2.01. The Bertz CT molecular complexity index is 789. The van der Waals surface area contributed by atoms with Crippen LogP contribution in [0.5, 0.6) is 0 Å². The maximum absolute atomic E-state index is 11.8. The van der Waals surface area contributed by atoms with Gasteiger partial charge in [-0.1, -0.05) is 42.5 Å². The fraction of sp³-hybridized carbons (Fsp3) is 0.263. The standard InChI is InChI=1S/C19H23N5O3/c1-23(2)18(25)14-22-19(20-12-15-6-4-3-5-7-15)21-13-16-8-10-17(11-9-16)24(26)27/h3-11H,12-14H2,1-2H3,(H2,20,21,22). The first-order chi connectivity index (χ1) is 13.0. The van der Waals surface area contributed by atoms with E-state index in [0.717, 1.165) is 11.1 Å². The lowest BCUT2D eigenvalue weighted by molar-refractivity contribution is -0.384. The second-order valence-corrected chi connectivity index (χ2v) is 6.07. The van der Waals surface area contributed by atoms with Gasteiger partial charge in [0.05, 0.1) is 18.0 Å². The van der Waals surface area contributed by atoms with Crippen LogP contribution in [0, 0.1) is 10.1 Å². The lowest BCUT2D eigenvalue weighted by Gasteiger charge is -2.15. The van der Waals surface area contributed by atoms with Crippen LogP contribution in [0.2, 0.25) is 0 Å². The van der Waals surface area contributed by atoms with Gasteiger partial charge >= 0.3 is 0 Å². The quantitative estimate of drug-likeness (QED) is 0.336. The fourth-order valence-corrected chi connectivity index (χ4v) is 2.17. The van der Waals surface area contributed by atoms with Crippen molar-refractivity contribution in [1.82, 2.24) is 15.5 Å². The molecule has 0 aliphatic heterocycles. The number of carbonyl (C=O) groups is 1. The second kappa shape index (κ2) is 9.91.